The number of rotatable bonds is 6. The van der Waals surface area contributed by atoms with Gasteiger partial charge < -0.3 is 25.6 Å². The molecule has 2 atom stereocenters. The molecular formula is C19H26N4O4. The Morgan fingerprint density at radius 3 is 2.63 bits per heavy atom. The van der Waals surface area contributed by atoms with E-state index >= 15 is 0 Å². The molecule has 2 heterocycles. The number of nitrogens with one attached hydrogen (secondary N) is 1. The molecule has 3 amide bonds. The first-order chi connectivity index (χ1) is 13.0. The summed E-state index contributed by atoms with van der Waals surface area (Å²) < 4.78 is 5.11. The van der Waals surface area contributed by atoms with Crippen LogP contribution in [0.4, 0.5) is 0 Å². The Kier molecular flexibility index (Phi) is 5.95. The molecule has 0 spiro atoms. The number of ether oxygens (including phenoxy) is 1. The number of benzene rings is 1. The first kappa shape index (κ1) is 19.2. The SMILES string of the molecule is COc1ccc(C(=O)N2CCN3C(=O)[C@H](CCCCN)NC(=O)[C@H]3C2)cc1. The average Bonchev–Trinajstić information content (AvgIpc) is 2.71. The highest BCUT2D eigenvalue weighted by Gasteiger charge is 2.43. The molecule has 1 aromatic carbocycles. The van der Waals surface area contributed by atoms with Gasteiger partial charge in [0.15, 0.2) is 0 Å². The second-order valence-corrected chi connectivity index (χ2v) is 6.87. The summed E-state index contributed by atoms with van der Waals surface area (Å²) in [7, 11) is 1.57. The summed E-state index contributed by atoms with van der Waals surface area (Å²) in [6.45, 7) is 1.56. The van der Waals surface area contributed by atoms with E-state index in [4.69, 9.17) is 10.5 Å². The van der Waals surface area contributed by atoms with Crippen LogP contribution >= 0.6 is 0 Å². The average molecular weight is 374 g/mol. The molecule has 146 valence electrons. The molecule has 8 heteroatoms. The fourth-order valence-electron chi connectivity index (χ4n) is 3.59. The van der Waals surface area contributed by atoms with Gasteiger partial charge in [-0.05, 0) is 50.1 Å². The van der Waals surface area contributed by atoms with Crippen molar-refractivity contribution in [2.24, 2.45) is 5.73 Å². The summed E-state index contributed by atoms with van der Waals surface area (Å²) in [6.07, 6.45) is 2.22. The highest BCUT2D eigenvalue weighted by molar-refractivity contribution is 5.99. The van der Waals surface area contributed by atoms with Crippen molar-refractivity contribution in [1.29, 1.82) is 0 Å². The lowest BCUT2D eigenvalue weighted by Gasteiger charge is -2.45. The summed E-state index contributed by atoms with van der Waals surface area (Å²) in [5.74, 6) is 0.268. The smallest absolute Gasteiger partial charge is 0.254 e. The number of hydrogen-bond acceptors (Lipinski definition) is 5. The van der Waals surface area contributed by atoms with E-state index in [-0.39, 0.29) is 24.3 Å². The van der Waals surface area contributed by atoms with Crippen LogP contribution in [0.15, 0.2) is 24.3 Å². The molecule has 2 aliphatic heterocycles. The lowest BCUT2D eigenvalue weighted by Crippen LogP contribution is -2.69. The van der Waals surface area contributed by atoms with E-state index in [2.05, 4.69) is 5.32 Å². The van der Waals surface area contributed by atoms with Crippen molar-refractivity contribution in [2.75, 3.05) is 33.3 Å². The van der Waals surface area contributed by atoms with Gasteiger partial charge >= 0.3 is 0 Å². The number of carbonyl (C=O) groups excluding carboxylic acids is 3. The molecule has 0 bridgehead atoms. The van der Waals surface area contributed by atoms with Crippen LogP contribution < -0.4 is 15.8 Å². The summed E-state index contributed by atoms with van der Waals surface area (Å²) in [4.78, 5) is 41.2. The normalized spacial score (nSPS) is 22.3. The van der Waals surface area contributed by atoms with Crippen LogP contribution in [0.1, 0.15) is 29.6 Å². The van der Waals surface area contributed by atoms with Gasteiger partial charge in [-0.3, -0.25) is 14.4 Å². The second kappa shape index (κ2) is 8.39. The predicted octanol–water partition coefficient (Wildman–Crippen LogP) is -0.0244. The summed E-state index contributed by atoms with van der Waals surface area (Å²) in [5, 5.41) is 2.81. The minimum Gasteiger partial charge on any atom is -0.497 e. The number of methoxy groups -OCH3 is 1. The summed E-state index contributed by atoms with van der Waals surface area (Å²) >= 11 is 0. The van der Waals surface area contributed by atoms with Crippen LogP contribution in [-0.2, 0) is 9.59 Å². The Bertz CT molecular complexity index is 706. The van der Waals surface area contributed by atoms with E-state index in [1.807, 2.05) is 0 Å². The van der Waals surface area contributed by atoms with Gasteiger partial charge in [0.1, 0.15) is 17.8 Å². The fraction of sp³-hybridized carbons (Fsp3) is 0.526. The zero-order valence-corrected chi connectivity index (χ0v) is 15.5. The van der Waals surface area contributed by atoms with Crippen LogP contribution in [0.2, 0.25) is 0 Å². The highest BCUT2D eigenvalue weighted by Crippen LogP contribution is 2.21. The van der Waals surface area contributed by atoms with Gasteiger partial charge in [0.05, 0.1) is 13.7 Å². The first-order valence-electron chi connectivity index (χ1n) is 9.29. The van der Waals surface area contributed by atoms with E-state index in [0.29, 0.717) is 37.4 Å². The number of amides is 3. The maximum Gasteiger partial charge on any atom is 0.254 e. The van der Waals surface area contributed by atoms with Crippen molar-refractivity contribution in [3.63, 3.8) is 0 Å². The molecule has 2 aliphatic rings. The van der Waals surface area contributed by atoms with Crippen LogP contribution in [-0.4, -0.2) is 72.9 Å². The molecule has 3 rings (SSSR count). The van der Waals surface area contributed by atoms with Gasteiger partial charge in [-0.15, -0.1) is 0 Å². The maximum atomic E-state index is 12.7. The first-order valence-corrected chi connectivity index (χ1v) is 9.29. The molecule has 8 nitrogen and oxygen atoms in total. The van der Waals surface area contributed by atoms with Crippen molar-refractivity contribution in [3.05, 3.63) is 29.8 Å². The highest BCUT2D eigenvalue weighted by atomic mass is 16.5. The number of piperazine rings is 2. The van der Waals surface area contributed by atoms with Gasteiger partial charge in [0.2, 0.25) is 11.8 Å². The van der Waals surface area contributed by atoms with Gasteiger partial charge in [0.25, 0.3) is 5.91 Å². The topological polar surface area (TPSA) is 105 Å². The summed E-state index contributed by atoms with van der Waals surface area (Å²) in [5.41, 5.74) is 6.03. The number of nitrogens with zero attached hydrogens (tertiary/aromatic N) is 2. The lowest BCUT2D eigenvalue weighted by molar-refractivity contribution is -0.152. The van der Waals surface area contributed by atoms with Crippen molar-refractivity contribution in [1.82, 2.24) is 15.1 Å². The molecule has 3 N–H and O–H groups in total. The Hall–Kier alpha value is -2.61. The molecule has 0 aliphatic carbocycles. The van der Waals surface area contributed by atoms with Crippen LogP contribution in [0.5, 0.6) is 5.75 Å². The van der Waals surface area contributed by atoms with Crippen LogP contribution in [0, 0.1) is 0 Å². The van der Waals surface area contributed by atoms with Crippen molar-refractivity contribution < 1.29 is 19.1 Å². The summed E-state index contributed by atoms with van der Waals surface area (Å²) in [6, 6.07) is 5.75. The van der Waals surface area contributed by atoms with E-state index < -0.39 is 12.1 Å². The van der Waals surface area contributed by atoms with Crippen LogP contribution in [0.25, 0.3) is 0 Å². The Morgan fingerprint density at radius 2 is 1.96 bits per heavy atom. The largest absolute Gasteiger partial charge is 0.497 e. The number of fused-ring (bicyclic) bond motifs is 1. The van der Waals surface area contributed by atoms with Crippen LogP contribution in [0.3, 0.4) is 0 Å². The lowest BCUT2D eigenvalue weighted by atomic mass is 10.00. The van der Waals surface area contributed by atoms with Crippen molar-refractivity contribution in [2.45, 2.75) is 31.3 Å². The number of nitrogens with two attached hydrogens (primary N) is 1. The minimum absolute atomic E-state index is 0.0619. The molecule has 27 heavy (non-hydrogen) atoms. The molecule has 0 unspecified atom stereocenters. The Morgan fingerprint density at radius 1 is 1.22 bits per heavy atom. The molecule has 0 radical (unpaired) electrons. The number of unbranched alkanes of at least 4 members (excludes halogenated alkanes) is 1. The maximum absolute atomic E-state index is 12.7. The third kappa shape index (κ3) is 4.05. The van der Waals surface area contributed by atoms with E-state index in [9.17, 15) is 14.4 Å². The standard InChI is InChI=1S/C19H26N4O4/c1-27-14-7-5-13(6-8-14)18(25)22-10-11-23-16(12-22)17(24)21-15(19(23)26)4-2-3-9-20/h5-8,15-16H,2-4,9-12,20H2,1H3,(H,21,24)/t15-,16+/m0/s1. The molecular weight excluding hydrogens is 348 g/mol. The minimum atomic E-state index is -0.626. The van der Waals surface area contributed by atoms with Gasteiger partial charge in [-0.25, -0.2) is 0 Å². The fourth-order valence-corrected chi connectivity index (χ4v) is 3.59. The van der Waals surface area contributed by atoms with Gasteiger partial charge in [0, 0.05) is 18.7 Å². The predicted molar refractivity (Wildman–Crippen MR) is 99.2 cm³/mol. The van der Waals surface area contributed by atoms with E-state index in [1.54, 1.807) is 41.2 Å². The third-order valence-corrected chi connectivity index (χ3v) is 5.15. The zero-order chi connectivity index (χ0) is 19.4. The van der Waals surface area contributed by atoms with E-state index in [0.717, 1.165) is 12.8 Å². The van der Waals surface area contributed by atoms with Crippen molar-refractivity contribution in [3.8, 4) is 5.75 Å². The van der Waals surface area contributed by atoms with Gasteiger partial charge in [-0.1, -0.05) is 0 Å². The third-order valence-electron chi connectivity index (χ3n) is 5.15. The zero-order valence-electron chi connectivity index (χ0n) is 15.5. The molecule has 1 aromatic rings. The number of hydrogen-bond donors (Lipinski definition) is 2. The molecule has 2 saturated heterocycles. The molecule has 0 aromatic heterocycles. The van der Waals surface area contributed by atoms with Gasteiger partial charge in [-0.2, -0.15) is 0 Å². The molecule has 2 fully saturated rings. The molecule has 0 saturated carbocycles. The number of carbonyl (C=O) groups is 3. The second-order valence-electron chi connectivity index (χ2n) is 6.87. The van der Waals surface area contributed by atoms with E-state index in [1.165, 1.54) is 0 Å². The Labute approximate surface area is 158 Å². The Balaban J connectivity index is 1.65. The quantitative estimate of drug-likeness (QED) is 0.681. The van der Waals surface area contributed by atoms with Crippen molar-refractivity contribution >= 4 is 17.7 Å². The monoisotopic (exact) mass is 374 g/mol.